The van der Waals surface area contributed by atoms with E-state index < -0.39 is 0 Å². The zero-order valence-electron chi connectivity index (χ0n) is 23.7. The van der Waals surface area contributed by atoms with Gasteiger partial charge in [-0.25, -0.2) is 0 Å². The molecule has 0 amide bonds. The molecule has 2 aromatic rings. The van der Waals surface area contributed by atoms with Crippen molar-refractivity contribution >= 4 is 12.2 Å². The molecular formula is C36H55N. The van der Waals surface area contributed by atoms with Gasteiger partial charge in [0.1, 0.15) is 0 Å². The number of allylic oxidation sites excluding steroid dienone is 2. The number of benzene rings is 2. The van der Waals surface area contributed by atoms with Crippen molar-refractivity contribution in [3.05, 3.63) is 83.9 Å². The zero-order valence-corrected chi connectivity index (χ0v) is 23.7. The maximum atomic E-state index is 5.56. The first kappa shape index (κ1) is 31.1. The van der Waals surface area contributed by atoms with Gasteiger partial charge in [-0.3, -0.25) is 0 Å². The Kier molecular flexibility index (Phi) is 19.4. The SMILES string of the molecule is NCCCCCCCCCCCCCCCCCC(CC=Cc1ccccc1)CC=Cc1ccccc1. The molecule has 37 heavy (non-hydrogen) atoms. The highest BCUT2D eigenvalue weighted by atomic mass is 14.5. The van der Waals surface area contributed by atoms with Crippen molar-refractivity contribution in [1.29, 1.82) is 0 Å². The summed E-state index contributed by atoms with van der Waals surface area (Å²) in [6, 6.07) is 21.4. The fourth-order valence-electron chi connectivity index (χ4n) is 5.13. The minimum Gasteiger partial charge on any atom is -0.330 e. The molecule has 0 heterocycles. The van der Waals surface area contributed by atoms with Gasteiger partial charge in [-0.2, -0.15) is 0 Å². The average Bonchev–Trinajstić information content (AvgIpc) is 2.93. The van der Waals surface area contributed by atoms with E-state index in [0.717, 1.165) is 12.5 Å². The van der Waals surface area contributed by atoms with Gasteiger partial charge in [0.2, 0.25) is 0 Å². The molecule has 0 atom stereocenters. The van der Waals surface area contributed by atoms with Crippen LogP contribution >= 0.6 is 0 Å². The van der Waals surface area contributed by atoms with E-state index in [1.807, 2.05) is 0 Å². The van der Waals surface area contributed by atoms with E-state index >= 15 is 0 Å². The van der Waals surface area contributed by atoms with Gasteiger partial charge >= 0.3 is 0 Å². The minimum atomic E-state index is 0.737. The summed E-state index contributed by atoms with van der Waals surface area (Å²) in [6.07, 6.45) is 34.0. The minimum absolute atomic E-state index is 0.737. The van der Waals surface area contributed by atoms with Crippen LogP contribution in [0.2, 0.25) is 0 Å². The monoisotopic (exact) mass is 501 g/mol. The van der Waals surface area contributed by atoms with E-state index in [-0.39, 0.29) is 0 Å². The summed E-state index contributed by atoms with van der Waals surface area (Å²) >= 11 is 0. The molecular weight excluding hydrogens is 446 g/mol. The van der Waals surface area contributed by atoms with Gasteiger partial charge in [0.15, 0.2) is 0 Å². The van der Waals surface area contributed by atoms with Crippen LogP contribution in [-0.2, 0) is 0 Å². The van der Waals surface area contributed by atoms with E-state index in [4.69, 9.17) is 5.73 Å². The number of rotatable bonds is 23. The fourth-order valence-corrected chi connectivity index (χ4v) is 5.13. The van der Waals surface area contributed by atoms with Crippen LogP contribution in [0.15, 0.2) is 72.8 Å². The first-order valence-corrected chi connectivity index (χ1v) is 15.5. The predicted octanol–water partition coefficient (Wildman–Crippen LogP) is 11.0. The Bertz CT molecular complexity index is 740. The van der Waals surface area contributed by atoms with Crippen LogP contribution in [0.3, 0.4) is 0 Å². The molecule has 1 heteroatoms. The molecule has 0 fully saturated rings. The van der Waals surface area contributed by atoms with Gasteiger partial charge in [0, 0.05) is 0 Å². The van der Waals surface area contributed by atoms with E-state index in [9.17, 15) is 0 Å². The third kappa shape index (κ3) is 17.9. The molecule has 204 valence electrons. The van der Waals surface area contributed by atoms with Crippen molar-refractivity contribution in [3.63, 3.8) is 0 Å². The predicted molar refractivity (Wildman–Crippen MR) is 167 cm³/mol. The first-order chi connectivity index (χ1) is 18.4. The van der Waals surface area contributed by atoms with Crippen LogP contribution in [0.5, 0.6) is 0 Å². The molecule has 0 aliphatic heterocycles. The van der Waals surface area contributed by atoms with Gasteiger partial charge < -0.3 is 5.73 Å². The lowest BCUT2D eigenvalue weighted by Crippen LogP contribution is -1.98. The second-order valence-electron chi connectivity index (χ2n) is 10.8. The lowest BCUT2D eigenvalue weighted by molar-refractivity contribution is 0.456. The molecule has 2 N–H and O–H groups in total. The number of nitrogens with two attached hydrogens (primary N) is 1. The van der Waals surface area contributed by atoms with Crippen molar-refractivity contribution in [2.75, 3.05) is 6.54 Å². The summed E-state index contributed by atoms with van der Waals surface area (Å²) in [5.41, 5.74) is 8.17. The summed E-state index contributed by atoms with van der Waals surface area (Å²) in [6.45, 7) is 0.861. The van der Waals surface area contributed by atoms with Crippen LogP contribution in [-0.4, -0.2) is 6.54 Å². The number of hydrogen-bond donors (Lipinski definition) is 1. The summed E-state index contributed by atoms with van der Waals surface area (Å²) in [5.74, 6) is 0.737. The van der Waals surface area contributed by atoms with Gasteiger partial charge in [0.25, 0.3) is 0 Å². The molecule has 0 saturated carbocycles. The van der Waals surface area contributed by atoms with Crippen molar-refractivity contribution in [3.8, 4) is 0 Å². The maximum absolute atomic E-state index is 5.56. The third-order valence-electron chi connectivity index (χ3n) is 7.48. The Labute approximate surface area is 229 Å². The van der Waals surface area contributed by atoms with Crippen LogP contribution in [0, 0.1) is 5.92 Å². The summed E-state index contributed by atoms with van der Waals surface area (Å²) < 4.78 is 0. The van der Waals surface area contributed by atoms with Gasteiger partial charge in [-0.05, 0) is 49.3 Å². The van der Waals surface area contributed by atoms with Crippen molar-refractivity contribution in [2.24, 2.45) is 11.7 Å². The van der Waals surface area contributed by atoms with Crippen LogP contribution in [0.25, 0.3) is 12.2 Å². The van der Waals surface area contributed by atoms with Crippen LogP contribution in [0.4, 0.5) is 0 Å². The Morgan fingerprint density at radius 1 is 0.459 bits per heavy atom. The molecule has 0 aromatic heterocycles. The highest BCUT2D eigenvalue weighted by Crippen LogP contribution is 2.21. The normalized spacial score (nSPS) is 12.6. The molecule has 2 aromatic carbocycles. The highest BCUT2D eigenvalue weighted by molar-refractivity contribution is 5.49. The lowest BCUT2D eigenvalue weighted by Gasteiger charge is -2.13. The molecule has 0 radical (unpaired) electrons. The summed E-state index contributed by atoms with van der Waals surface area (Å²) in [7, 11) is 0. The van der Waals surface area contributed by atoms with Gasteiger partial charge in [-0.15, -0.1) is 0 Å². The molecule has 0 bridgehead atoms. The average molecular weight is 502 g/mol. The van der Waals surface area contributed by atoms with Crippen molar-refractivity contribution in [1.82, 2.24) is 0 Å². The topological polar surface area (TPSA) is 26.0 Å². The number of unbranched alkanes of at least 4 members (excludes halogenated alkanes) is 14. The Morgan fingerprint density at radius 3 is 1.19 bits per heavy atom. The largest absolute Gasteiger partial charge is 0.330 e. The molecule has 0 saturated heterocycles. The number of hydrogen-bond acceptors (Lipinski definition) is 1. The smallest absolute Gasteiger partial charge is 0.00773 e. The summed E-state index contributed by atoms with van der Waals surface area (Å²) in [5, 5.41) is 0. The second kappa shape index (κ2) is 23.0. The molecule has 1 nitrogen and oxygen atoms in total. The Hall–Kier alpha value is -2.12. The standard InChI is InChI=1S/C36H55N/c37-33-21-13-11-9-7-5-3-1-2-4-6-8-10-12-16-24-36(31-22-29-34-25-17-14-18-26-34)32-23-30-35-27-19-15-20-28-35/h14-15,17-20,22-23,25-30,36H,1-13,16,21,24,31-33,37H2. The Morgan fingerprint density at radius 2 is 0.811 bits per heavy atom. The zero-order chi connectivity index (χ0) is 26.1. The third-order valence-corrected chi connectivity index (χ3v) is 7.48. The molecule has 0 aliphatic rings. The Balaban J connectivity index is 1.53. The van der Waals surface area contributed by atoms with E-state index in [1.54, 1.807) is 0 Å². The quantitative estimate of drug-likeness (QED) is 0.151. The van der Waals surface area contributed by atoms with E-state index in [1.165, 1.54) is 127 Å². The second-order valence-corrected chi connectivity index (χ2v) is 10.8. The van der Waals surface area contributed by atoms with E-state index in [0.29, 0.717) is 0 Å². The molecule has 0 aliphatic carbocycles. The highest BCUT2D eigenvalue weighted by Gasteiger charge is 2.05. The van der Waals surface area contributed by atoms with E-state index in [2.05, 4.69) is 85.0 Å². The van der Waals surface area contributed by atoms with Gasteiger partial charge in [0.05, 0.1) is 0 Å². The molecule has 0 spiro atoms. The fraction of sp³-hybridized carbons (Fsp3) is 0.556. The maximum Gasteiger partial charge on any atom is -0.00773 e. The molecule has 0 unspecified atom stereocenters. The van der Waals surface area contributed by atoms with Gasteiger partial charge in [-0.1, -0.05) is 175 Å². The van der Waals surface area contributed by atoms with Crippen LogP contribution in [0.1, 0.15) is 127 Å². The van der Waals surface area contributed by atoms with Crippen molar-refractivity contribution < 1.29 is 0 Å². The molecule has 2 rings (SSSR count). The summed E-state index contributed by atoms with van der Waals surface area (Å²) in [4.78, 5) is 0. The van der Waals surface area contributed by atoms with Crippen LogP contribution < -0.4 is 5.73 Å². The lowest BCUT2D eigenvalue weighted by atomic mass is 9.93. The van der Waals surface area contributed by atoms with Crippen molar-refractivity contribution in [2.45, 2.75) is 116 Å². The first-order valence-electron chi connectivity index (χ1n) is 15.5.